The summed E-state index contributed by atoms with van der Waals surface area (Å²) in [6.07, 6.45) is 0.953. The summed E-state index contributed by atoms with van der Waals surface area (Å²) in [4.78, 5) is 10.3. The molecule has 0 rings (SSSR count). The number of aliphatic hydroxyl groups is 1. The number of hydrogen-bond donors (Lipinski definition) is 2. The smallest absolute Gasteiger partial charge is 0.240 e. The molecule has 0 aliphatic heterocycles. The summed E-state index contributed by atoms with van der Waals surface area (Å²) in [6, 6.07) is 0. The van der Waals surface area contributed by atoms with Crippen molar-refractivity contribution in [3.8, 4) is 0 Å². The summed E-state index contributed by atoms with van der Waals surface area (Å²) < 4.78 is 0. The second-order valence-corrected chi connectivity index (χ2v) is 4.52. The lowest BCUT2D eigenvalue weighted by Crippen LogP contribution is -2.39. The van der Waals surface area contributed by atoms with Crippen molar-refractivity contribution < 1.29 is 9.90 Å². The van der Waals surface area contributed by atoms with Gasteiger partial charge in [-0.1, -0.05) is 6.92 Å². The van der Waals surface area contributed by atoms with Crippen LogP contribution in [0.15, 0.2) is 0 Å². The third-order valence-electron chi connectivity index (χ3n) is 1.77. The third kappa shape index (κ3) is 5.88. The molecular formula is C9H18ClNO2. The van der Waals surface area contributed by atoms with Crippen LogP contribution in [0, 0.1) is 0 Å². The van der Waals surface area contributed by atoms with Crippen LogP contribution in [0.2, 0.25) is 0 Å². The molecule has 78 valence electrons. The minimum atomic E-state index is -0.864. The van der Waals surface area contributed by atoms with E-state index in [0.717, 1.165) is 0 Å². The van der Waals surface area contributed by atoms with Crippen molar-refractivity contribution >= 4 is 17.5 Å². The highest BCUT2D eigenvalue weighted by Crippen LogP contribution is 2.11. The largest absolute Gasteiger partial charge is 0.393 e. The van der Waals surface area contributed by atoms with E-state index in [1.54, 1.807) is 13.8 Å². The van der Waals surface area contributed by atoms with Gasteiger partial charge in [-0.25, -0.2) is 0 Å². The molecule has 0 aromatic heterocycles. The maximum atomic E-state index is 11.2. The number of carbonyl (C=O) groups is 1. The molecular weight excluding hydrogens is 190 g/mol. The van der Waals surface area contributed by atoms with Crippen molar-refractivity contribution in [3.05, 3.63) is 0 Å². The Kier molecular flexibility index (Phi) is 5.33. The van der Waals surface area contributed by atoms with E-state index >= 15 is 0 Å². The van der Waals surface area contributed by atoms with Crippen LogP contribution in [-0.4, -0.2) is 28.5 Å². The van der Waals surface area contributed by atoms with Gasteiger partial charge in [0.25, 0.3) is 0 Å². The Morgan fingerprint density at radius 3 is 2.54 bits per heavy atom. The molecule has 0 bridgehead atoms. The van der Waals surface area contributed by atoms with Gasteiger partial charge in [-0.2, -0.15) is 0 Å². The predicted octanol–water partition coefficient (Wildman–Crippen LogP) is 1.28. The molecule has 1 amide bonds. The quantitative estimate of drug-likeness (QED) is 0.668. The molecule has 0 saturated carbocycles. The Morgan fingerprint density at radius 1 is 1.62 bits per heavy atom. The molecule has 0 fully saturated rings. The first-order valence-electron chi connectivity index (χ1n) is 4.53. The first-order chi connectivity index (χ1) is 5.88. The number of rotatable bonds is 5. The molecule has 0 aliphatic rings. The first kappa shape index (κ1) is 12.7. The van der Waals surface area contributed by atoms with Gasteiger partial charge < -0.3 is 10.4 Å². The Bertz CT molecular complexity index is 165. The number of halogens is 1. The third-order valence-corrected chi connectivity index (χ3v) is 1.95. The average molecular weight is 208 g/mol. The molecule has 0 aliphatic carbocycles. The number of aliphatic hydroxyl groups excluding tert-OH is 1. The van der Waals surface area contributed by atoms with Crippen molar-refractivity contribution in [3.63, 3.8) is 0 Å². The molecule has 0 spiro atoms. The maximum Gasteiger partial charge on any atom is 0.240 e. The summed E-state index contributed by atoms with van der Waals surface area (Å²) in [5.41, 5.74) is 0. The molecule has 0 saturated heterocycles. The number of carbonyl (C=O) groups excluding carboxylic acids is 1. The normalized spacial score (nSPS) is 13.9. The summed E-state index contributed by atoms with van der Waals surface area (Å²) in [5, 5.41) is 11.8. The molecule has 4 heteroatoms. The van der Waals surface area contributed by atoms with Crippen LogP contribution < -0.4 is 5.32 Å². The molecule has 1 atom stereocenters. The van der Waals surface area contributed by atoms with Crippen LogP contribution in [0.1, 0.15) is 33.6 Å². The van der Waals surface area contributed by atoms with E-state index < -0.39 is 4.87 Å². The second-order valence-electron chi connectivity index (χ2n) is 3.58. The van der Waals surface area contributed by atoms with E-state index in [1.165, 1.54) is 0 Å². The Balaban J connectivity index is 3.60. The van der Waals surface area contributed by atoms with Crippen LogP contribution in [0.5, 0.6) is 0 Å². The highest BCUT2D eigenvalue weighted by atomic mass is 35.5. The lowest BCUT2D eigenvalue weighted by Gasteiger charge is -2.16. The fourth-order valence-corrected chi connectivity index (χ4v) is 0.833. The molecule has 1 unspecified atom stereocenters. The van der Waals surface area contributed by atoms with Gasteiger partial charge in [0.05, 0.1) is 6.10 Å². The molecule has 0 heterocycles. The van der Waals surface area contributed by atoms with Crippen molar-refractivity contribution in [1.82, 2.24) is 5.32 Å². The van der Waals surface area contributed by atoms with Gasteiger partial charge in [0.15, 0.2) is 0 Å². The van der Waals surface area contributed by atoms with Crippen molar-refractivity contribution in [2.24, 2.45) is 0 Å². The van der Waals surface area contributed by atoms with Crippen molar-refractivity contribution in [1.29, 1.82) is 0 Å². The average Bonchev–Trinajstić information content (AvgIpc) is 2.02. The second kappa shape index (κ2) is 5.45. The minimum absolute atomic E-state index is 0.197. The van der Waals surface area contributed by atoms with E-state index in [9.17, 15) is 9.90 Å². The highest BCUT2D eigenvalue weighted by molar-refractivity contribution is 6.34. The Labute approximate surface area is 84.5 Å². The molecule has 0 radical (unpaired) electrons. The van der Waals surface area contributed by atoms with Crippen molar-refractivity contribution in [2.75, 3.05) is 6.54 Å². The number of hydrogen-bond acceptors (Lipinski definition) is 2. The van der Waals surface area contributed by atoms with Crippen LogP contribution in [0.4, 0.5) is 0 Å². The first-order valence-corrected chi connectivity index (χ1v) is 4.91. The predicted molar refractivity (Wildman–Crippen MR) is 53.9 cm³/mol. The van der Waals surface area contributed by atoms with E-state index in [1.807, 2.05) is 6.92 Å². The van der Waals surface area contributed by atoms with Gasteiger partial charge in [0.1, 0.15) is 4.87 Å². The monoisotopic (exact) mass is 207 g/mol. The fraction of sp³-hybridized carbons (Fsp3) is 0.889. The van der Waals surface area contributed by atoms with Gasteiger partial charge in [0.2, 0.25) is 5.91 Å². The zero-order valence-electron chi connectivity index (χ0n) is 8.43. The Morgan fingerprint density at radius 2 is 2.15 bits per heavy atom. The Hall–Kier alpha value is -0.280. The minimum Gasteiger partial charge on any atom is -0.393 e. The topological polar surface area (TPSA) is 49.3 Å². The molecule has 0 aromatic carbocycles. The summed E-state index contributed by atoms with van der Waals surface area (Å²) in [7, 11) is 0. The van der Waals surface area contributed by atoms with Crippen LogP contribution in [0.3, 0.4) is 0 Å². The summed E-state index contributed by atoms with van der Waals surface area (Å²) >= 11 is 5.76. The van der Waals surface area contributed by atoms with E-state index in [2.05, 4.69) is 5.32 Å². The fourth-order valence-electron chi connectivity index (χ4n) is 0.767. The van der Waals surface area contributed by atoms with Crippen molar-refractivity contribution in [2.45, 2.75) is 44.6 Å². The van der Waals surface area contributed by atoms with E-state index in [4.69, 9.17) is 11.6 Å². The standard InChI is InChI=1S/C9H18ClNO2/c1-4-7(12)5-6-11-8(13)9(2,3)10/h7,12H,4-6H2,1-3H3,(H,11,13). The van der Waals surface area contributed by atoms with Gasteiger partial charge in [-0.3, -0.25) is 4.79 Å². The number of nitrogens with one attached hydrogen (secondary N) is 1. The summed E-state index contributed by atoms with van der Waals surface area (Å²) in [6.45, 7) is 5.66. The molecule has 0 aromatic rings. The number of alkyl halides is 1. The van der Waals surface area contributed by atoms with E-state index in [-0.39, 0.29) is 12.0 Å². The van der Waals surface area contributed by atoms with E-state index in [0.29, 0.717) is 19.4 Å². The maximum absolute atomic E-state index is 11.2. The zero-order chi connectivity index (χ0) is 10.5. The van der Waals surface area contributed by atoms with Gasteiger partial charge in [-0.05, 0) is 26.7 Å². The van der Waals surface area contributed by atoms with Crippen LogP contribution in [0.25, 0.3) is 0 Å². The zero-order valence-corrected chi connectivity index (χ0v) is 9.19. The lowest BCUT2D eigenvalue weighted by atomic mass is 10.1. The molecule has 2 N–H and O–H groups in total. The molecule has 13 heavy (non-hydrogen) atoms. The van der Waals surface area contributed by atoms with Crippen LogP contribution in [-0.2, 0) is 4.79 Å². The number of amides is 1. The highest BCUT2D eigenvalue weighted by Gasteiger charge is 2.23. The SMILES string of the molecule is CCC(O)CCNC(=O)C(C)(C)Cl. The summed E-state index contributed by atoms with van der Waals surface area (Å²) in [5.74, 6) is -0.197. The lowest BCUT2D eigenvalue weighted by molar-refractivity contribution is -0.122. The molecule has 3 nitrogen and oxygen atoms in total. The van der Waals surface area contributed by atoms with Gasteiger partial charge in [0, 0.05) is 6.54 Å². The van der Waals surface area contributed by atoms with Crippen LogP contribution >= 0.6 is 11.6 Å². The van der Waals surface area contributed by atoms with Gasteiger partial charge in [-0.15, -0.1) is 11.6 Å². The van der Waals surface area contributed by atoms with Gasteiger partial charge >= 0.3 is 0 Å².